The Morgan fingerprint density at radius 1 is 1.16 bits per heavy atom. The van der Waals surface area contributed by atoms with Crippen molar-refractivity contribution < 1.29 is 0 Å². The van der Waals surface area contributed by atoms with Crippen LogP contribution in [0.3, 0.4) is 0 Å². The fourth-order valence-corrected chi connectivity index (χ4v) is 2.31. The third-order valence-corrected chi connectivity index (χ3v) is 3.27. The van der Waals surface area contributed by atoms with Gasteiger partial charge in [0, 0.05) is 42.6 Å². The van der Waals surface area contributed by atoms with Gasteiger partial charge in [0.25, 0.3) is 0 Å². The molecule has 3 aromatic rings. The number of fused-ring (bicyclic) bond motifs is 1. The summed E-state index contributed by atoms with van der Waals surface area (Å²) < 4.78 is 4.31. The number of aryl methyl sites for hydroxylation is 2. The Hall–Kier alpha value is -2.54. The molecule has 0 atom stereocenters. The van der Waals surface area contributed by atoms with Crippen LogP contribution < -0.4 is 0 Å². The van der Waals surface area contributed by atoms with Crippen LogP contribution in [0.4, 0.5) is 0 Å². The maximum atomic E-state index is 8.89. The van der Waals surface area contributed by atoms with Gasteiger partial charge < -0.3 is 9.13 Å². The van der Waals surface area contributed by atoms with Crippen LogP contribution in [0.5, 0.6) is 0 Å². The monoisotopic (exact) mass is 250 g/mol. The molecule has 0 saturated heterocycles. The molecule has 2 aromatic heterocycles. The van der Waals surface area contributed by atoms with Crippen LogP contribution in [-0.4, -0.2) is 14.1 Å². The number of aromatic nitrogens is 3. The molecule has 0 spiro atoms. The molecule has 0 aliphatic carbocycles. The molecule has 94 valence electrons. The summed E-state index contributed by atoms with van der Waals surface area (Å²) in [6.45, 7) is 1.93. The average Bonchev–Trinajstić information content (AvgIpc) is 3.08. The van der Waals surface area contributed by atoms with Gasteiger partial charge in [0.2, 0.25) is 0 Å². The van der Waals surface area contributed by atoms with Gasteiger partial charge in [-0.2, -0.15) is 5.26 Å². The molecule has 0 fully saturated rings. The lowest BCUT2D eigenvalue weighted by atomic mass is 10.2. The first-order valence-electron chi connectivity index (χ1n) is 6.31. The van der Waals surface area contributed by atoms with Gasteiger partial charge in [-0.25, -0.2) is 4.98 Å². The molecule has 0 N–H and O–H groups in total. The van der Waals surface area contributed by atoms with Crippen LogP contribution in [0.25, 0.3) is 10.9 Å². The zero-order valence-electron chi connectivity index (χ0n) is 10.5. The summed E-state index contributed by atoms with van der Waals surface area (Å²) in [6, 6.07) is 10.1. The molecule has 3 rings (SSSR count). The second-order valence-electron chi connectivity index (χ2n) is 4.55. The maximum absolute atomic E-state index is 8.89. The number of rotatable bonds is 4. The minimum atomic E-state index is 0.712. The van der Waals surface area contributed by atoms with Crippen molar-refractivity contribution in [1.29, 1.82) is 5.26 Å². The summed E-state index contributed by atoms with van der Waals surface area (Å²) >= 11 is 0. The van der Waals surface area contributed by atoms with Crippen molar-refractivity contribution in [3.8, 4) is 6.07 Å². The van der Waals surface area contributed by atoms with Crippen molar-refractivity contribution in [2.45, 2.75) is 19.5 Å². The van der Waals surface area contributed by atoms with E-state index >= 15 is 0 Å². The number of benzene rings is 1. The first-order valence-corrected chi connectivity index (χ1v) is 6.31. The Balaban J connectivity index is 1.73. The molecule has 0 aliphatic heterocycles. The number of hydrogen-bond acceptors (Lipinski definition) is 2. The zero-order chi connectivity index (χ0) is 13.1. The lowest BCUT2D eigenvalue weighted by Gasteiger charge is -2.06. The van der Waals surface area contributed by atoms with Crippen molar-refractivity contribution in [2.24, 2.45) is 0 Å². The van der Waals surface area contributed by atoms with Crippen LogP contribution in [0.15, 0.2) is 49.2 Å². The fraction of sp³-hybridized carbons (Fsp3) is 0.200. The SMILES string of the molecule is N#Cc1ccc2c(ccn2CCCn2ccnc2)c1. The molecule has 0 aliphatic rings. The first kappa shape index (κ1) is 11.5. The third kappa shape index (κ3) is 2.36. The predicted molar refractivity (Wildman–Crippen MR) is 73.5 cm³/mol. The van der Waals surface area contributed by atoms with E-state index in [1.165, 1.54) is 5.52 Å². The van der Waals surface area contributed by atoms with E-state index in [4.69, 9.17) is 5.26 Å². The fourth-order valence-electron chi connectivity index (χ4n) is 2.31. The number of hydrogen-bond donors (Lipinski definition) is 0. The molecule has 0 saturated carbocycles. The smallest absolute Gasteiger partial charge is 0.0991 e. The van der Waals surface area contributed by atoms with Gasteiger partial charge in [-0.3, -0.25) is 0 Å². The van der Waals surface area contributed by atoms with Crippen molar-refractivity contribution in [3.05, 3.63) is 54.7 Å². The van der Waals surface area contributed by atoms with Gasteiger partial charge in [0.05, 0.1) is 18.0 Å². The zero-order valence-corrected chi connectivity index (χ0v) is 10.5. The Labute approximate surface area is 111 Å². The Morgan fingerprint density at radius 3 is 2.89 bits per heavy atom. The largest absolute Gasteiger partial charge is 0.347 e. The van der Waals surface area contributed by atoms with E-state index in [9.17, 15) is 0 Å². The van der Waals surface area contributed by atoms with Gasteiger partial charge in [0.1, 0.15) is 0 Å². The van der Waals surface area contributed by atoms with Gasteiger partial charge in [-0.05, 0) is 30.7 Å². The second-order valence-corrected chi connectivity index (χ2v) is 4.55. The highest BCUT2D eigenvalue weighted by atomic mass is 15.0. The van der Waals surface area contributed by atoms with Crippen LogP contribution in [0.1, 0.15) is 12.0 Å². The summed E-state index contributed by atoms with van der Waals surface area (Å²) in [7, 11) is 0. The Kier molecular flexibility index (Phi) is 3.03. The minimum Gasteiger partial charge on any atom is -0.347 e. The molecule has 2 heterocycles. The lowest BCUT2D eigenvalue weighted by Crippen LogP contribution is -2.01. The number of nitrogens with zero attached hydrogens (tertiary/aromatic N) is 4. The van der Waals surface area contributed by atoms with Crippen molar-refractivity contribution in [3.63, 3.8) is 0 Å². The Bertz CT molecular complexity index is 716. The maximum Gasteiger partial charge on any atom is 0.0991 e. The van der Waals surface area contributed by atoms with Crippen LogP contribution in [-0.2, 0) is 13.1 Å². The van der Waals surface area contributed by atoms with Crippen molar-refractivity contribution in [2.75, 3.05) is 0 Å². The highest BCUT2D eigenvalue weighted by Gasteiger charge is 2.02. The van der Waals surface area contributed by atoms with Crippen LogP contribution in [0.2, 0.25) is 0 Å². The molecule has 1 aromatic carbocycles. The van der Waals surface area contributed by atoms with E-state index < -0.39 is 0 Å². The second kappa shape index (κ2) is 4.99. The van der Waals surface area contributed by atoms with E-state index in [2.05, 4.69) is 32.5 Å². The van der Waals surface area contributed by atoms with Crippen LogP contribution >= 0.6 is 0 Å². The summed E-state index contributed by atoms with van der Waals surface area (Å²) in [5, 5.41) is 10.0. The quantitative estimate of drug-likeness (QED) is 0.714. The summed E-state index contributed by atoms with van der Waals surface area (Å²) in [5.41, 5.74) is 1.90. The van der Waals surface area contributed by atoms with Gasteiger partial charge >= 0.3 is 0 Å². The van der Waals surface area contributed by atoms with E-state index in [1.807, 2.05) is 30.7 Å². The molecule has 0 radical (unpaired) electrons. The van der Waals surface area contributed by atoms with Gasteiger partial charge in [-0.1, -0.05) is 0 Å². The summed E-state index contributed by atoms with van der Waals surface area (Å²) in [5.74, 6) is 0. The number of nitriles is 1. The topological polar surface area (TPSA) is 46.5 Å². The standard InChI is InChI=1S/C15H14N4/c16-11-13-2-3-15-14(10-13)4-8-19(15)7-1-6-18-9-5-17-12-18/h2-5,8-10,12H,1,6-7H2. The molecule has 0 bridgehead atoms. The van der Waals surface area contributed by atoms with E-state index in [-0.39, 0.29) is 0 Å². The third-order valence-electron chi connectivity index (χ3n) is 3.27. The normalized spacial score (nSPS) is 10.7. The molecular formula is C15H14N4. The molecule has 4 nitrogen and oxygen atoms in total. The first-order chi connectivity index (χ1) is 9.36. The average molecular weight is 250 g/mol. The lowest BCUT2D eigenvalue weighted by molar-refractivity contribution is 0.573. The molecule has 0 unspecified atom stereocenters. The van der Waals surface area contributed by atoms with E-state index in [0.29, 0.717) is 5.56 Å². The van der Waals surface area contributed by atoms with Crippen molar-refractivity contribution >= 4 is 10.9 Å². The summed E-state index contributed by atoms with van der Waals surface area (Å²) in [6.07, 6.45) is 8.76. The molecular weight excluding hydrogens is 236 g/mol. The van der Waals surface area contributed by atoms with E-state index in [1.54, 1.807) is 6.20 Å². The van der Waals surface area contributed by atoms with Gasteiger partial charge in [0.15, 0.2) is 0 Å². The molecule has 4 heteroatoms. The van der Waals surface area contributed by atoms with Crippen LogP contribution in [0, 0.1) is 11.3 Å². The highest BCUT2D eigenvalue weighted by Crippen LogP contribution is 2.17. The van der Waals surface area contributed by atoms with E-state index in [0.717, 1.165) is 24.9 Å². The van der Waals surface area contributed by atoms with Gasteiger partial charge in [-0.15, -0.1) is 0 Å². The Morgan fingerprint density at radius 2 is 2.11 bits per heavy atom. The molecule has 19 heavy (non-hydrogen) atoms. The summed E-state index contributed by atoms with van der Waals surface area (Å²) in [4.78, 5) is 4.03. The molecule has 0 amide bonds. The highest BCUT2D eigenvalue weighted by molar-refractivity contribution is 5.81. The van der Waals surface area contributed by atoms with Crippen molar-refractivity contribution in [1.82, 2.24) is 14.1 Å². The number of imidazole rings is 1. The minimum absolute atomic E-state index is 0.712. The predicted octanol–water partition coefficient (Wildman–Crippen LogP) is 2.80.